The highest BCUT2D eigenvalue weighted by molar-refractivity contribution is 7.15. The van der Waals surface area contributed by atoms with Crippen molar-refractivity contribution in [2.24, 2.45) is 0 Å². The monoisotopic (exact) mass is 353 g/mol. The van der Waals surface area contributed by atoms with Crippen LogP contribution in [-0.4, -0.2) is 26.7 Å². The summed E-state index contributed by atoms with van der Waals surface area (Å²) >= 11 is 1.40. The van der Waals surface area contributed by atoms with E-state index < -0.39 is 5.54 Å². The van der Waals surface area contributed by atoms with Crippen molar-refractivity contribution in [2.45, 2.75) is 32.7 Å². The topological polar surface area (TPSA) is 54.7 Å². The number of rotatable bonds is 1. The number of aromatic nitrogens is 2. The molecule has 1 aliphatic rings. The lowest BCUT2D eigenvalue weighted by Crippen LogP contribution is -2.51. The van der Waals surface area contributed by atoms with Gasteiger partial charge in [-0.3, -0.25) is 14.0 Å². The molecule has 3 aromatic rings. The van der Waals surface area contributed by atoms with Gasteiger partial charge < -0.3 is 4.90 Å². The first-order valence-corrected chi connectivity index (χ1v) is 9.15. The van der Waals surface area contributed by atoms with Gasteiger partial charge in [0.1, 0.15) is 5.56 Å². The third kappa shape index (κ3) is 2.32. The van der Waals surface area contributed by atoms with Crippen LogP contribution in [0.1, 0.15) is 41.0 Å². The van der Waals surface area contributed by atoms with Crippen LogP contribution < -0.4 is 5.56 Å². The average molecular weight is 353 g/mol. The minimum absolute atomic E-state index is 0.131. The van der Waals surface area contributed by atoms with Crippen LogP contribution in [0.4, 0.5) is 0 Å². The predicted molar refractivity (Wildman–Crippen MR) is 98.3 cm³/mol. The molecule has 0 N–H and O–H groups in total. The Balaban J connectivity index is 1.81. The maximum atomic E-state index is 13.2. The molecule has 0 saturated carbocycles. The quantitative estimate of drug-likeness (QED) is 0.676. The fourth-order valence-electron chi connectivity index (χ4n) is 3.66. The van der Waals surface area contributed by atoms with E-state index in [1.807, 2.05) is 38.3 Å². The van der Waals surface area contributed by atoms with Crippen molar-refractivity contribution in [2.75, 3.05) is 6.54 Å². The van der Waals surface area contributed by atoms with Gasteiger partial charge in [0.25, 0.3) is 11.5 Å². The molecule has 0 fully saturated rings. The summed E-state index contributed by atoms with van der Waals surface area (Å²) in [5.74, 6) is -0.253. The van der Waals surface area contributed by atoms with Crippen molar-refractivity contribution in [3.63, 3.8) is 0 Å². The highest BCUT2D eigenvalue weighted by Gasteiger charge is 2.38. The minimum atomic E-state index is -0.471. The molecule has 6 heteroatoms. The van der Waals surface area contributed by atoms with E-state index in [0.717, 1.165) is 17.7 Å². The van der Waals surface area contributed by atoms with E-state index in [9.17, 15) is 9.59 Å². The fourth-order valence-corrected chi connectivity index (χ4v) is 4.49. The molecule has 2 aromatic heterocycles. The average Bonchev–Trinajstić information content (AvgIpc) is 2.97. The number of hydrogen-bond donors (Lipinski definition) is 0. The predicted octanol–water partition coefficient (Wildman–Crippen LogP) is 3.00. The smallest absolute Gasteiger partial charge is 0.271 e. The van der Waals surface area contributed by atoms with Gasteiger partial charge in [0, 0.05) is 23.8 Å². The first-order chi connectivity index (χ1) is 11.9. The summed E-state index contributed by atoms with van der Waals surface area (Å²) in [5, 5.41) is 1.87. The largest absolute Gasteiger partial charge is 0.329 e. The zero-order valence-electron chi connectivity index (χ0n) is 14.4. The van der Waals surface area contributed by atoms with E-state index in [-0.39, 0.29) is 17.0 Å². The van der Waals surface area contributed by atoms with Crippen LogP contribution in [0.3, 0.4) is 0 Å². The van der Waals surface area contributed by atoms with Crippen LogP contribution in [0.25, 0.3) is 4.96 Å². The van der Waals surface area contributed by atoms with Gasteiger partial charge >= 0.3 is 0 Å². The zero-order chi connectivity index (χ0) is 17.8. The number of fused-ring (bicyclic) bond motifs is 2. The van der Waals surface area contributed by atoms with Crippen LogP contribution >= 0.6 is 11.3 Å². The second-order valence-corrected chi connectivity index (χ2v) is 7.73. The summed E-state index contributed by atoms with van der Waals surface area (Å²) in [6.07, 6.45) is 2.21. The minimum Gasteiger partial charge on any atom is -0.329 e. The van der Waals surface area contributed by atoms with Crippen LogP contribution in [0.5, 0.6) is 0 Å². The Morgan fingerprint density at radius 1 is 1.28 bits per heavy atom. The number of carbonyl (C=O) groups excluding carboxylic acids is 1. The molecule has 0 spiro atoms. The second-order valence-electron chi connectivity index (χ2n) is 6.90. The summed E-state index contributed by atoms with van der Waals surface area (Å²) in [4.78, 5) is 32.7. The lowest BCUT2D eigenvalue weighted by Gasteiger charge is -2.43. The highest BCUT2D eigenvalue weighted by Crippen LogP contribution is 2.35. The number of aryl methyl sites for hydroxylation is 1. The number of carbonyl (C=O) groups is 1. The molecule has 1 aliphatic heterocycles. The van der Waals surface area contributed by atoms with Crippen LogP contribution in [-0.2, 0) is 12.0 Å². The molecule has 0 aliphatic carbocycles. The molecular weight excluding hydrogens is 334 g/mol. The zero-order valence-corrected chi connectivity index (χ0v) is 15.3. The van der Waals surface area contributed by atoms with Gasteiger partial charge in [-0.1, -0.05) is 24.3 Å². The molecule has 0 bridgehead atoms. The van der Waals surface area contributed by atoms with Crippen molar-refractivity contribution in [1.29, 1.82) is 0 Å². The molecule has 128 valence electrons. The molecule has 0 atom stereocenters. The molecule has 5 nitrogen and oxygen atoms in total. The van der Waals surface area contributed by atoms with E-state index in [0.29, 0.717) is 11.5 Å². The van der Waals surface area contributed by atoms with Crippen molar-refractivity contribution in [3.05, 3.63) is 68.6 Å². The Morgan fingerprint density at radius 2 is 2.04 bits per heavy atom. The number of hydrogen-bond acceptors (Lipinski definition) is 4. The first kappa shape index (κ1) is 16.0. The maximum Gasteiger partial charge on any atom is 0.271 e. The first-order valence-electron chi connectivity index (χ1n) is 8.27. The van der Waals surface area contributed by atoms with Gasteiger partial charge in [-0.05, 0) is 38.3 Å². The number of amides is 1. The van der Waals surface area contributed by atoms with Gasteiger partial charge in [-0.25, -0.2) is 4.98 Å². The molecule has 0 unspecified atom stereocenters. The van der Waals surface area contributed by atoms with Crippen LogP contribution in [0.15, 0.2) is 40.6 Å². The van der Waals surface area contributed by atoms with Crippen LogP contribution in [0, 0.1) is 6.92 Å². The summed E-state index contributed by atoms with van der Waals surface area (Å²) in [6.45, 7) is 6.50. The normalized spacial score (nSPS) is 16.0. The number of benzene rings is 1. The third-order valence-electron chi connectivity index (χ3n) is 5.05. The van der Waals surface area contributed by atoms with Crippen molar-refractivity contribution < 1.29 is 4.79 Å². The highest BCUT2D eigenvalue weighted by atomic mass is 32.1. The third-order valence-corrected chi connectivity index (χ3v) is 6.01. The van der Waals surface area contributed by atoms with Gasteiger partial charge in [0.15, 0.2) is 4.96 Å². The summed E-state index contributed by atoms with van der Waals surface area (Å²) in [6, 6.07) is 8.18. The lowest BCUT2D eigenvalue weighted by atomic mass is 9.83. The van der Waals surface area contributed by atoms with E-state index in [4.69, 9.17) is 0 Å². The van der Waals surface area contributed by atoms with Gasteiger partial charge in [-0.2, -0.15) is 0 Å². The SMILES string of the molecule is Cc1csc2ncc(C(=O)N3CCc4ccccc4C3(C)C)c(=O)n12. The Bertz CT molecular complexity index is 1050. The number of nitrogens with zero attached hydrogens (tertiary/aromatic N) is 3. The van der Waals surface area contributed by atoms with E-state index in [1.165, 1.54) is 27.5 Å². The van der Waals surface area contributed by atoms with Crippen LogP contribution in [0.2, 0.25) is 0 Å². The molecule has 1 aromatic carbocycles. The molecule has 0 radical (unpaired) electrons. The summed E-state index contributed by atoms with van der Waals surface area (Å²) in [5.41, 5.74) is 2.57. The van der Waals surface area contributed by atoms with Gasteiger partial charge in [0.05, 0.1) is 5.54 Å². The Labute approximate surface area is 149 Å². The molecular formula is C19H19N3O2S. The fraction of sp³-hybridized carbons (Fsp3) is 0.316. The standard InChI is InChI=1S/C19H19N3O2S/c1-12-11-25-18-20-10-14(17(24)22(12)18)16(23)21-9-8-13-6-4-5-7-15(13)19(21,2)3/h4-7,10-11H,8-9H2,1-3H3. The Morgan fingerprint density at radius 3 is 2.84 bits per heavy atom. The van der Waals surface area contributed by atoms with E-state index in [2.05, 4.69) is 17.1 Å². The Kier molecular flexibility index (Phi) is 3.54. The molecule has 1 amide bonds. The molecule has 3 heterocycles. The Hall–Kier alpha value is -2.47. The summed E-state index contributed by atoms with van der Waals surface area (Å²) < 4.78 is 1.52. The molecule has 4 rings (SSSR count). The molecule has 25 heavy (non-hydrogen) atoms. The van der Waals surface area contributed by atoms with Crippen molar-refractivity contribution in [1.82, 2.24) is 14.3 Å². The van der Waals surface area contributed by atoms with Crippen molar-refractivity contribution >= 4 is 22.2 Å². The summed E-state index contributed by atoms with van der Waals surface area (Å²) in [7, 11) is 0. The van der Waals surface area contributed by atoms with E-state index >= 15 is 0 Å². The molecule has 0 saturated heterocycles. The number of thiazole rings is 1. The van der Waals surface area contributed by atoms with Crippen molar-refractivity contribution in [3.8, 4) is 0 Å². The second kappa shape index (κ2) is 5.52. The van der Waals surface area contributed by atoms with Gasteiger partial charge in [-0.15, -0.1) is 11.3 Å². The maximum absolute atomic E-state index is 13.2. The van der Waals surface area contributed by atoms with E-state index in [1.54, 1.807) is 4.90 Å². The van der Waals surface area contributed by atoms with Gasteiger partial charge in [0.2, 0.25) is 0 Å². The lowest BCUT2D eigenvalue weighted by molar-refractivity contribution is 0.0511.